The van der Waals surface area contributed by atoms with Crippen molar-refractivity contribution in [3.05, 3.63) is 71.9 Å². The van der Waals surface area contributed by atoms with Gasteiger partial charge in [-0.25, -0.2) is 15.0 Å². The highest BCUT2D eigenvalue weighted by atomic mass is 19.4. The third-order valence-electron chi connectivity index (χ3n) is 8.56. The summed E-state index contributed by atoms with van der Waals surface area (Å²) in [5.41, 5.74) is 5.60. The Hall–Kier alpha value is -4.40. The number of ketones is 1. The number of carbonyl (C=O) groups is 2. The van der Waals surface area contributed by atoms with E-state index in [1.807, 2.05) is 11.3 Å². The lowest BCUT2D eigenvalue weighted by molar-refractivity contribution is -0.162. The molecule has 14 heteroatoms. The number of aromatic nitrogens is 4. The Bertz CT molecular complexity index is 1740. The maximum atomic E-state index is 14.3. The summed E-state index contributed by atoms with van der Waals surface area (Å²) in [6.07, 6.45) is 0.924. The molecule has 2 saturated heterocycles. The number of benzene rings is 1. The van der Waals surface area contributed by atoms with Crippen LogP contribution in [-0.4, -0.2) is 70.6 Å². The van der Waals surface area contributed by atoms with E-state index in [0.29, 0.717) is 61.8 Å². The molecular formula is C31H32F3N7O4. The van der Waals surface area contributed by atoms with Gasteiger partial charge in [-0.2, -0.15) is 13.2 Å². The van der Waals surface area contributed by atoms with E-state index in [1.165, 1.54) is 12.1 Å². The Morgan fingerprint density at radius 3 is 2.56 bits per heavy atom. The predicted octanol–water partition coefficient (Wildman–Crippen LogP) is 3.89. The number of halogens is 3. The number of nitrogen functional groups attached to an aromatic ring is 1. The number of carbonyl (C=O) groups excluding carboxylic acids is 2. The predicted molar refractivity (Wildman–Crippen MR) is 159 cm³/mol. The number of nitrogens with one attached hydrogen (secondary N) is 2. The number of alkyl halides is 3. The molecule has 2 aliphatic rings. The summed E-state index contributed by atoms with van der Waals surface area (Å²) < 4.78 is 51.9. The topological polar surface area (TPSA) is 146 Å². The second-order valence-corrected chi connectivity index (χ2v) is 11.8. The van der Waals surface area contributed by atoms with Gasteiger partial charge in [-0.15, -0.1) is 0 Å². The number of rotatable bonds is 8. The van der Waals surface area contributed by atoms with Crippen molar-refractivity contribution in [3.63, 3.8) is 0 Å². The molecule has 5 heterocycles. The Kier molecular flexibility index (Phi) is 7.83. The number of amides is 1. The summed E-state index contributed by atoms with van der Waals surface area (Å²) in [6, 6.07) is 8.07. The molecule has 1 amide bonds. The third-order valence-corrected chi connectivity index (χ3v) is 8.56. The number of nitrogens with zero attached hydrogens (tertiary/aromatic N) is 4. The van der Waals surface area contributed by atoms with E-state index in [1.54, 1.807) is 31.6 Å². The van der Waals surface area contributed by atoms with Gasteiger partial charge in [0.15, 0.2) is 5.78 Å². The van der Waals surface area contributed by atoms with Crippen LogP contribution in [0.15, 0.2) is 55.0 Å². The monoisotopic (exact) mass is 623 g/mol. The van der Waals surface area contributed by atoms with Crippen molar-refractivity contribution in [3.8, 4) is 11.3 Å². The summed E-state index contributed by atoms with van der Waals surface area (Å²) in [5, 5.41) is 5.90. The van der Waals surface area contributed by atoms with Crippen molar-refractivity contribution in [2.24, 2.45) is 5.41 Å². The molecule has 45 heavy (non-hydrogen) atoms. The van der Waals surface area contributed by atoms with Gasteiger partial charge in [0.1, 0.15) is 34.1 Å². The quantitative estimate of drug-likeness (QED) is 0.266. The molecule has 2 fully saturated rings. The van der Waals surface area contributed by atoms with Gasteiger partial charge in [-0.05, 0) is 44.0 Å². The number of imidazole rings is 1. The molecule has 0 saturated carbocycles. The van der Waals surface area contributed by atoms with Gasteiger partial charge < -0.3 is 25.8 Å². The smallest absolute Gasteiger partial charge is 0.383 e. The average Bonchev–Trinajstić information content (AvgIpc) is 3.41. The molecule has 0 spiro atoms. The fourth-order valence-corrected chi connectivity index (χ4v) is 6.12. The summed E-state index contributed by atoms with van der Waals surface area (Å²) in [4.78, 5) is 40.4. The van der Waals surface area contributed by atoms with Crippen LogP contribution in [0.4, 0.5) is 24.8 Å². The Balaban J connectivity index is 1.36. The van der Waals surface area contributed by atoms with Gasteiger partial charge in [0.05, 0.1) is 30.8 Å². The molecule has 0 aliphatic carbocycles. The van der Waals surface area contributed by atoms with Crippen LogP contribution in [0, 0.1) is 5.41 Å². The first-order valence-corrected chi connectivity index (χ1v) is 14.4. The number of Topliss-reactive ketones (excluding diaryl/α,β-unsaturated/α-hetero) is 1. The Labute approximate surface area is 256 Å². The highest BCUT2D eigenvalue weighted by Crippen LogP contribution is 2.44. The van der Waals surface area contributed by atoms with Crippen LogP contribution in [-0.2, 0) is 25.9 Å². The van der Waals surface area contributed by atoms with Crippen LogP contribution in [0.3, 0.4) is 0 Å². The molecule has 1 aromatic carbocycles. The van der Waals surface area contributed by atoms with Gasteiger partial charge in [0.25, 0.3) is 5.91 Å². The summed E-state index contributed by atoms with van der Waals surface area (Å²) >= 11 is 0. The maximum absolute atomic E-state index is 14.3. The van der Waals surface area contributed by atoms with Crippen LogP contribution in [0.5, 0.6) is 0 Å². The van der Waals surface area contributed by atoms with Crippen LogP contribution in [0.1, 0.15) is 41.5 Å². The summed E-state index contributed by atoms with van der Waals surface area (Å²) in [7, 11) is 1.64. The highest BCUT2D eigenvalue weighted by molar-refractivity contribution is 6.04. The van der Waals surface area contributed by atoms with Crippen LogP contribution in [0.2, 0.25) is 0 Å². The number of hydrogen-bond donors (Lipinski definition) is 3. The third kappa shape index (κ3) is 5.53. The molecule has 6 rings (SSSR count). The molecule has 11 nitrogen and oxygen atoms in total. The van der Waals surface area contributed by atoms with Crippen molar-refractivity contribution in [2.75, 3.05) is 44.5 Å². The first kappa shape index (κ1) is 30.6. The number of hydrogen-bond acceptors (Lipinski definition) is 9. The number of methoxy groups -OCH3 is 1. The van der Waals surface area contributed by atoms with Crippen LogP contribution < -0.4 is 16.4 Å². The Morgan fingerprint density at radius 1 is 1.18 bits per heavy atom. The second-order valence-electron chi connectivity index (χ2n) is 11.8. The normalized spacial score (nSPS) is 21.3. The van der Waals surface area contributed by atoms with Crippen LogP contribution >= 0.6 is 0 Å². The molecule has 2 atom stereocenters. The number of fused-ring (bicyclic) bond motifs is 1. The van der Waals surface area contributed by atoms with Crippen LogP contribution in [0.25, 0.3) is 16.8 Å². The van der Waals surface area contributed by atoms with E-state index in [2.05, 4.69) is 20.6 Å². The van der Waals surface area contributed by atoms with Crippen molar-refractivity contribution >= 4 is 28.8 Å². The zero-order valence-electron chi connectivity index (χ0n) is 24.6. The summed E-state index contributed by atoms with van der Waals surface area (Å²) in [6.45, 7) is 3.42. The van der Waals surface area contributed by atoms with Gasteiger partial charge >= 0.3 is 6.18 Å². The lowest BCUT2D eigenvalue weighted by atomic mass is 9.65. The molecule has 2 aliphatic heterocycles. The van der Waals surface area contributed by atoms with Gasteiger partial charge in [0, 0.05) is 49.4 Å². The van der Waals surface area contributed by atoms with Crippen molar-refractivity contribution in [1.82, 2.24) is 24.7 Å². The van der Waals surface area contributed by atoms with E-state index in [9.17, 15) is 22.8 Å². The van der Waals surface area contributed by atoms with Gasteiger partial charge in [-0.1, -0.05) is 12.1 Å². The minimum Gasteiger partial charge on any atom is -0.383 e. The van der Waals surface area contributed by atoms with E-state index < -0.39 is 28.5 Å². The minimum absolute atomic E-state index is 0.0358. The van der Waals surface area contributed by atoms with Crippen molar-refractivity contribution in [1.29, 1.82) is 0 Å². The fraction of sp³-hybridized carbons (Fsp3) is 0.387. The number of anilines is 2. The van der Waals surface area contributed by atoms with E-state index in [0.717, 1.165) is 18.3 Å². The molecule has 0 unspecified atom stereocenters. The SMILES string of the molecule is COC[C@H]1CC[C@](C(=O)C2(C)COC2)(c2nc(-c3ccc(C(=O)Nc4cc(C(F)(F)F)ccn4)cc3)c3c(N)nccn23)CN1. The van der Waals surface area contributed by atoms with E-state index >= 15 is 0 Å². The lowest BCUT2D eigenvalue weighted by Gasteiger charge is -2.46. The average molecular weight is 624 g/mol. The number of ether oxygens (including phenoxy) is 2. The molecule has 4 N–H and O–H groups in total. The molecule has 0 radical (unpaired) electrons. The first-order chi connectivity index (χ1) is 21.4. The summed E-state index contributed by atoms with van der Waals surface area (Å²) in [5.74, 6) is -0.0825. The van der Waals surface area contributed by atoms with Crippen molar-refractivity contribution in [2.45, 2.75) is 37.4 Å². The standard InChI is InChI=1S/C31H32F3N7O4/c1-29(16-45-17-29)27(43)30(9-7-21(14-44-2)38-15-30)28-40-23(24-25(35)37-11-12-41(24)28)18-3-5-19(6-4-18)26(42)39-22-13-20(8-10-36-22)31(32,33)34/h3-6,8,10-13,21,38H,7,9,14-17H2,1-2H3,(H2,35,37)(H,36,39,42)/t21-,30+/m1/s1. The Morgan fingerprint density at radius 2 is 1.93 bits per heavy atom. The zero-order chi connectivity index (χ0) is 32.0. The first-order valence-electron chi connectivity index (χ1n) is 14.4. The van der Waals surface area contributed by atoms with Gasteiger partial charge in [-0.3, -0.25) is 14.0 Å². The maximum Gasteiger partial charge on any atom is 0.416 e. The largest absolute Gasteiger partial charge is 0.416 e. The van der Waals surface area contributed by atoms with E-state index in [4.69, 9.17) is 20.2 Å². The van der Waals surface area contributed by atoms with E-state index in [-0.39, 0.29) is 29.0 Å². The number of piperidine rings is 1. The highest BCUT2D eigenvalue weighted by Gasteiger charge is 2.55. The minimum atomic E-state index is -4.57. The lowest BCUT2D eigenvalue weighted by Crippen LogP contribution is -2.61. The molecule has 3 aromatic heterocycles. The molecule has 0 bridgehead atoms. The van der Waals surface area contributed by atoms with Gasteiger partial charge in [0.2, 0.25) is 0 Å². The second kappa shape index (κ2) is 11.5. The molecule has 236 valence electrons. The fourth-order valence-electron chi connectivity index (χ4n) is 6.12. The zero-order valence-corrected chi connectivity index (χ0v) is 24.6. The molecule has 4 aromatic rings. The van der Waals surface area contributed by atoms with Crippen molar-refractivity contribution < 1.29 is 32.2 Å². The number of pyridine rings is 1. The molecular weight excluding hydrogens is 591 g/mol. The number of nitrogens with two attached hydrogens (primary N) is 1.